The van der Waals surface area contributed by atoms with Gasteiger partial charge >= 0.3 is 12.2 Å². The predicted molar refractivity (Wildman–Crippen MR) is 144 cm³/mol. The molecule has 3 aromatic carbocycles. The first-order valence-electron chi connectivity index (χ1n) is 12.4. The quantitative estimate of drug-likeness (QED) is 0.344. The van der Waals surface area contributed by atoms with Crippen molar-refractivity contribution >= 4 is 47.0 Å². The van der Waals surface area contributed by atoms with Gasteiger partial charge in [-0.15, -0.1) is 0 Å². The van der Waals surface area contributed by atoms with E-state index in [2.05, 4.69) is 16.0 Å². The van der Waals surface area contributed by atoms with Gasteiger partial charge in [0.1, 0.15) is 11.9 Å². The van der Waals surface area contributed by atoms with E-state index in [9.17, 15) is 23.6 Å². The predicted octanol–water partition coefficient (Wildman–Crippen LogP) is 4.60. The second kappa shape index (κ2) is 10.9. The molecule has 2 atom stereocenters. The van der Waals surface area contributed by atoms with Crippen LogP contribution in [0.2, 0.25) is 5.02 Å². The number of hydrogen-bond acceptors (Lipinski definition) is 5. The maximum Gasteiger partial charge on any atom is 0.412 e. The average molecular weight is 567 g/mol. The van der Waals surface area contributed by atoms with Crippen LogP contribution in [0.15, 0.2) is 66.7 Å². The van der Waals surface area contributed by atoms with E-state index in [4.69, 9.17) is 21.4 Å². The molecule has 0 aliphatic carbocycles. The Balaban J connectivity index is 1.38. The van der Waals surface area contributed by atoms with E-state index >= 15 is 0 Å². The molecule has 4 N–H and O–H groups in total. The molecule has 0 saturated carbocycles. The monoisotopic (exact) mass is 566 g/mol. The van der Waals surface area contributed by atoms with Gasteiger partial charge in [0, 0.05) is 41.2 Å². The zero-order valence-corrected chi connectivity index (χ0v) is 21.7. The highest BCUT2D eigenvalue weighted by Gasteiger charge is 2.49. The largest absolute Gasteiger partial charge is 0.465 e. The van der Waals surface area contributed by atoms with E-state index in [0.717, 1.165) is 0 Å². The summed E-state index contributed by atoms with van der Waals surface area (Å²) in [5, 5.41) is 16.9. The highest BCUT2D eigenvalue weighted by Crippen LogP contribution is 2.43. The fourth-order valence-electron chi connectivity index (χ4n) is 4.99. The van der Waals surface area contributed by atoms with Crippen molar-refractivity contribution in [3.05, 3.63) is 94.3 Å². The summed E-state index contributed by atoms with van der Waals surface area (Å²) in [4.78, 5) is 51.7. The Kier molecular flexibility index (Phi) is 7.31. The second-order valence-corrected chi connectivity index (χ2v) is 10.0. The van der Waals surface area contributed by atoms with Crippen molar-refractivity contribution in [3.63, 3.8) is 0 Å². The molecule has 4 amide bonds. The van der Waals surface area contributed by atoms with Crippen molar-refractivity contribution < 1.29 is 33.4 Å². The number of hydrogen-bond donors (Lipinski definition) is 4. The van der Waals surface area contributed by atoms with E-state index in [-0.39, 0.29) is 30.8 Å². The topological polar surface area (TPSA) is 137 Å². The molecule has 0 radical (unpaired) electrons. The zero-order valence-electron chi connectivity index (χ0n) is 20.9. The lowest BCUT2D eigenvalue weighted by atomic mass is 9.90. The van der Waals surface area contributed by atoms with Crippen molar-refractivity contribution in [1.82, 2.24) is 10.2 Å². The van der Waals surface area contributed by atoms with Gasteiger partial charge in [-0.3, -0.25) is 20.2 Å². The Morgan fingerprint density at radius 2 is 1.82 bits per heavy atom. The molecule has 12 heteroatoms. The summed E-state index contributed by atoms with van der Waals surface area (Å²) in [5.41, 5.74) is 1.22. The number of nitrogens with zero attached hydrogens (tertiary/aromatic N) is 1. The van der Waals surface area contributed by atoms with Crippen molar-refractivity contribution in [2.45, 2.75) is 24.5 Å². The molecule has 206 valence electrons. The minimum atomic E-state index is -1.24. The van der Waals surface area contributed by atoms with Crippen LogP contribution in [0.1, 0.15) is 27.9 Å². The second-order valence-electron chi connectivity index (χ2n) is 9.57. The van der Waals surface area contributed by atoms with Gasteiger partial charge in [-0.05, 0) is 60.2 Å². The molecule has 2 aliphatic rings. The molecule has 1 unspecified atom stereocenters. The van der Waals surface area contributed by atoms with Gasteiger partial charge in [0.15, 0.2) is 5.60 Å². The van der Waals surface area contributed by atoms with Crippen LogP contribution >= 0.6 is 11.6 Å². The Morgan fingerprint density at radius 3 is 2.52 bits per heavy atom. The van der Waals surface area contributed by atoms with Gasteiger partial charge in [-0.25, -0.2) is 14.0 Å². The van der Waals surface area contributed by atoms with E-state index in [1.807, 2.05) is 0 Å². The number of nitrogens with one attached hydrogen (secondary N) is 3. The number of anilines is 2. The summed E-state index contributed by atoms with van der Waals surface area (Å²) in [5.74, 6) is -1.39. The van der Waals surface area contributed by atoms with Crippen molar-refractivity contribution in [2.75, 3.05) is 23.7 Å². The van der Waals surface area contributed by atoms with Crippen LogP contribution in [0.4, 0.5) is 25.4 Å². The molecule has 3 aromatic rings. The number of fused-ring (bicyclic) bond motifs is 2. The molecular formula is C28H24ClFN4O6. The first-order chi connectivity index (χ1) is 19.1. The Hall–Kier alpha value is -4.64. The molecular weight excluding hydrogens is 543 g/mol. The van der Waals surface area contributed by atoms with Gasteiger partial charge < -0.3 is 20.1 Å². The molecule has 0 bridgehead atoms. The zero-order chi connectivity index (χ0) is 28.4. The summed E-state index contributed by atoms with van der Waals surface area (Å²) in [6, 6.07) is 15.3. The highest BCUT2D eigenvalue weighted by molar-refractivity contribution is 6.30. The van der Waals surface area contributed by atoms with Gasteiger partial charge in [0.25, 0.3) is 5.91 Å². The van der Waals surface area contributed by atoms with E-state index in [1.165, 1.54) is 53.4 Å². The van der Waals surface area contributed by atoms with Crippen LogP contribution < -0.4 is 16.0 Å². The van der Waals surface area contributed by atoms with Crippen LogP contribution in [-0.4, -0.2) is 53.1 Å². The minimum Gasteiger partial charge on any atom is -0.465 e. The van der Waals surface area contributed by atoms with Crippen LogP contribution in [0.5, 0.6) is 0 Å². The third kappa shape index (κ3) is 5.69. The Labute approximate surface area is 233 Å². The van der Waals surface area contributed by atoms with E-state index in [1.54, 1.807) is 18.2 Å². The standard InChI is InChI=1S/C28H24ClFN4O6/c29-18-5-10-22-21(14-18)28(40-27(39)33-22)11-12-34(15-28)25(36)23(13-16-1-6-19(30)7-2-16)32-24(35)17-3-8-20(9-4-17)31-26(37)38/h1-10,14,23,31H,11-13,15H2,(H,32,35)(H,33,39)(H,37,38)/t23-,28?/m0/s1. The maximum atomic E-state index is 13.8. The molecule has 0 aromatic heterocycles. The fourth-order valence-corrected chi connectivity index (χ4v) is 5.16. The molecule has 5 rings (SSSR count). The van der Waals surface area contributed by atoms with Crippen LogP contribution in [-0.2, 0) is 21.6 Å². The number of carbonyl (C=O) groups excluding carboxylic acids is 3. The summed E-state index contributed by atoms with van der Waals surface area (Å²) in [7, 11) is 0. The number of ether oxygens (including phenoxy) is 1. The normalized spacial score (nSPS) is 18.4. The maximum absolute atomic E-state index is 13.8. The lowest BCUT2D eigenvalue weighted by Gasteiger charge is -2.35. The number of rotatable bonds is 6. The first kappa shape index (κ1) is 26.9. The number of carbonyl (C=O) groups is 4. The van der Waals surface area contributed by atoms with Gasteiger partial charge in [0.2, 0.25) is 5.91 Å². The molecule has 1 spiro atoms. The summed E-state index contributed by atoms with van der Waals surface area (Å²) in [6.45, 7) is 0.307. The Bertz CT molecular complexity index is 1480. The molecule has 2 aliphatic heterocycles. The smallest absolute Gasteiger partial charge is 0.412 e. The van der Waals surface area contributed by atoms with Crippen molar-refractivity contribution in [2.24, 2.45) is 0 Å². The van der Waals surface area contributed by atoms with E-state index < -0.39 is 41.5 Å². The number of amides is 4. The van der Waals surface area contributed by atoms with Crippen molar-refractivity contribution in [1.29, 1.82) is 0 Å². The number of benzene rings is 3. The third-order valence-corrected chi connectivity index (χ3v) is 7.13. The molecule has 1 fully saturated rings. The van der Waals surface area contributed by atoms with Crippen molar-refractivity contribution in [3.8, 4) is 0 Å². The number of carboxylic acid groups (broad SMARTS) is 1. The van der Waals surface area contributed by atoms with Gasteiger partial charge in [-0.1, -0.05) is 23.7 Å². The third-order valence-electron chi connectivity index (χ3n) is 6.90. The van der Waals surface area contributed by atoms with Gasteiger partial charge in [0.05, 0.1) is 12.2 Å². The highest BCUT2D eigenvalue weighted by atomic mass is 35.5. The lowest BCUT2D eigenvalue weighted by molar-refractivity contribution is -0.133. The van der Waals surface area contributed by atoms with Crippen LogP contribution in [0, 0.1) is 5.82 Å². The van der Waals surface area contributed by atoms with Crippen LogP contribution in [0.25, 0.3) is 0 Å². The average Bonchev–Trinajstić information content (AvgIpc) is 3.33. The summed E-state index contributed by atoms with van der Waals surface area (Å²) < 4.78 is 19.2. The fraction of sp³-hybridized carbons (Fsp3) is 0.214. The molecule has 2 heterocycles. The molecule has 40 heavy (non-hydrogen) atoms. The molecule has 10 nitrogen and oxygen atoms in total. The van der Waals surface area contributed by atoms with Gasteiger partial charge in [-0.2, -0.15) is 0 Å². The summed E-state index contributed by atoms with van der Waals surface area (Å²) >= 11 is 6.22. The minimum absolute atomic E-state index is 0.0535. The SMILES string of the molecule is O=C(O)Nc1ccc(C(=O)N[C@@H](Cc2ccc(F)cc2)C(=O)N2CCC3(C2)OC(=O)Nc2ccc(Cl)cc23)cc1. The van der Waals surface area contributed by atoms with E-state index in [0.29, 0.717) is 28.3 Å². The molecule has 1 saturated heterocycles. The van der Waals surface area contributed by atoms with Crippen LogP contribution in [0.3, 0.4) is 0 Å². The Morgan fingerprint density at radius 1 is 1.10 bits per heavy atom. The first-order valence-corrected chi connectivity index (χ1v) is 12.7. The lowest BCUT2D eigenvalue weighted by Crippen LogP contribution is -2.50. The number of halogens is 2. The number of likely N-dealkylation sites (tertiary alicyclic amines) is 1. The summed E-state index contributed by atoms with van der Waals surface area (Å²) in [6.07, 6.45) is -1.47.